The fourth-order valence-electron chi connectivity index (χ4n) is 5.72. The highest BCUT2D eigenvalue weighted by Gasteiger charge is 2.41. The van der Waals surface area contributed by atoms with Crippen LogP contribution in [-0.2, 0) is 20.8 Å². The molecular weight excluding hydrogens is 513 g/mol. The second-order valence-corrected chi connectivity index (χ2v) is 12.7. The van der Waals surface area contributed by atoms with Gasteiger partial charge in [-0.05, 0) is 87.9 Å². The maximum absolute atomic E-state index is 13.3. The first-order valence-electron chi connectivity index (χ1n) is 13.1. The predicted molar refractivity (Wildman–Crippen MR) is 142 cm³/mol. The number of sulfone groups is 1. The van der Waals surface area contributed by atoms with Gasteiger partial charge < -0.3 is 9.80 Å². The minimum atomic E-state index is -4.46. The van der Waals surface area contributed by atoms with Crippen LogP contribution in [0.2, 0.25) is 0 Å². The van der Waals surface area contributed by atoms with E-state index in [2.05, 4.69) is 25.8 Å². The average Bonchev–Trinajstić information content (AvgIpc) is 2.88. The van der Waals surface area contributed by atoms with Crippen LogP contribution in [0.25, 0.3) is 5.57 Å². The highest BCUT2D eigenvalue weighted by atomic mass is 32.2. The van der Waals surface area contributed by atoms with Crippen molar-refractivity contribution in [2.24, 2.45) is 5.92 Å². The maximum atomic E-state index is 13.3. The second-order valence-electron chi connectivity index (χ2n) is 10.7. The molecule has 38 heavy (non-hydrogen) atoms. The zero-order chi connectivity index (χ0) is 27.7. The van der Waals surface area contributed by atoms with Gasteiger partial charge in [-0.1, -0.05) is 30.3 Å². The van der Waals surface area contributed by atoms with Crippen molar-refractivity contribution < 1.29 is 26.4 Å². The van der Waals surface area contributed by atoms with Gasteiger partial charge in [0, 0.05) is 30.7 Å². The molecule has 0 unspecified atom stereocenters. The number of carbonyl (C=O) groups is 1. The summed E-state index contributed by atoms with van der Waals surface area (Å²) in [5.74, 6) is -0.586. The predicted octanol–water partition coefficient (Wildman–Crippen LogP) is 5.67. The molecule has 2 aromatic carbocycles. The van der Waals surface area contributed by atoms with Crippen molar-refractivity contribution in [3.05, 3.63) is 71.8 Å². The first kappa shape index (κ1) is 28.4. The molecule has 9 heteroatoms. The van der Waals surface area contributed by atoms with E-state index in [0.717, 1.165) is 18.6 Å². The third-order valence-corrected chi connectivity index (χ3v) is 9.86. The van der Waals surface area contributed by atoms with Crippen molar-refractivity contribution in [2.75, 3.05) is 19.3 Å². The zero-order valence-electron chi connectivity index (χ0n) is 22.0. The summed E-state index contributed by atoms with van der Waals surface area (Å²) < 4.78 is 66.3. The first-order chi connectivity index (χ1) is 17.9. The summed E-state index contributed by atoms with van der Waals surface area (Å²) in [4.78, 5) is 17.6. The molecule has 0 radical (unpaired) electrons. The molecule has 0 spiro atoms. The van der Waals surface area contributed by atoms with E-state index >= 15 is 0 Å². The van der Waals surface area contributed by atoms with E-state index in [1.165, 1.54) is 12.1 Å². The quantitative estimate of drug-likeness (QED) is 0.447. The summed E-state index contributed by atoms with van der Waals surface area (Å²) >= 11 is 0. The molecule has 0 saturated heterocycles. The van der Waals surface area contributed by atoms with Crippen molar-refractivity contribution >= 4 is 21.3 Å². The molecule has 0 bridgehead atoms. The second kappa shape index (κ2) is 11.2. The molecule has 1 heterocycles. The molecule has 1 fully saturated rings. The van der Waals surface area contributed by atoms with E-state index in [9.17, 15) is 26.4 Å². The van der Waals surface area contributed by atoms with Crippen LogP contribution in [0.3, 0.4) is 0 Å². The number of amides is 1. The largest absolute Gasteiger partial charge is 0.416 e. The van der Waals surface area contributed by atoms with Crippen molar-refractivity contribution in [2.45, 2.75) is 68.7 Å². The smallest absolute Gasteiger partial charge is 0.336 e. The summed E-state index contributed by atoms with van der Waals surface area (Å²) in [5, 5.41) is 0. The number of halogens is 3. The Kier molecular flexibility index (Phi) is 8.37. The van der Waals surface area contributed by atoms with E-state index in [0.29, 0.717) is 43.0 Å². The molecule has 1 aliphatic heterocycles. The highest BCUT2D eigenvalue weighted by molar-refractivity contribution is 7.91. The number of hydrogen-bond donors (Lipinski definition) is 0. The van der Waals surface area contributed by atoms with Gasteiger partial charge in [0.15, 0.2) is 9.84 Å². The molecule has 4 rings (SSSR count). The molecule has 1 saturated carbocycles. The van der Waals surface area contributed by atoms with Crippen LogP contribution in [0.5, 0.6) is 0 Å². The molecule has 1 amide bonds. The zero-order valence-corrected chi connectivity index (χ0v) is 22.8. The van der Waals surface area contributed by atoms with Crippen LogP contribution in [-0.4, -0.2) is 61.6 Å². The van der Waals surface area contributed by atoms with Gasteiger partial charge in [-0.25, -0.2) is 8.42 Å². The highest BCUT2D eigenvalue weighted by Crippen LogP contribution is 2.37. The SMILES string of the molecule is CC(C)N(C)[C@@H]1CC[C@H](N2CCC(c3cccc(C(F)(F)F)c3)=CC2=O)[C@H](CS(=O)(=O)c2ccccc2)C1. The van der Waals surface area contributed by atoms with Crippen molar-refractivity contribution in [3.63, 3.8) is 0 Å². The van der Waals surface area contributed by atoms with Crippen LogP contribution < -0.4 is 0 Å². The summed E-state index contributed by atoms with van der Waals surface area (Å²) in [7, 11) is -1.52. The Labute approximate surface area is 223 Å². The lowest BCUT2D eigenvalue weighted by atomic mass is 9.80. The van der Waals surface area contributed by atoms with Gasteiger partial charge in [-0.3, -0.25) is 4.79 Å². The number of rotatable bonds is 7. The van der Waals surface area contributed by atoms with Gasteiger partial charge in [0.1, 0.15) is 0 Å². The molecular formula is C29H35F3N2O3S. The Morgan fingerprint density at radius 2 is 1.76 bits per heavy atom. The fourth-order valence-corrected chi connectivity index (χ4v) is 7.40. The van der Waals surface area contributed by atoms with E-state index in [4.69, 9.17) is 0 Å². The number of nitrogens with zero attached hydrogens (tertiary/aromatic N) is 2. The van der Waals surface area contributed by atoms with Crippen LogP contribution in [0, 0.1) is 5.92 Å². The Morgan fingerprint density at radius 1 is 1.05 bits per heavy atom. The molecule has 2 aromatic rings. The first-order valence-corrected chi connectivity index (χ1v) is 14.7. The Morgan fingerprint density at radius 3 is 2.39 bits per heavy atom. The van der Waals surface area contributed by atoms with Gasteiger partial charge in [0.05, 0.1) is 16.2 Å². The summed E-state index contributed by atoms with van der Waals surface area (Å²) in [6.07, 6.45) is -0.449. The molecule has 0 N–H and O–H groups in total. The monoisotopic (exact) mass is 548 g/mol. The molecule has 2 aliphatic rings. The molecule has 1 aliphatic carbocycles. The maximum Gasteiger partial charge on any atom is 0.416 e. The summed E-state index contributed by atoms with van der Waals surface area (Å²) in [6, 6.07) is 13.7. The van der Waals surface area contributed by atoms with Gasteiger partial charge in [0.25, 0.3) is 0 Å². The number of hydrogen-bond acceptors (Lipinski definition) is 4. The lowest BCUT2D eigenvalue weighted by Crippen LogP contribution is -2.53. The topological polar surface area (TPSA) is 57.7 Å². The van der Waals surface area contributed by atoms with Gasteiger partial charge >= 0.3 is 6.18 Å². The van der Waals surface area contributed by atoms with Gasteiger partial charge in [0.2, 0.25) is 5.91 Å². The Bertz CT molecular complexity index is 1280. The van der Waals surface area contributed by atoms with E-state index in [1.54, 1.807) is 41.3 Å². The number of carbonyl (C=O) groups excluding carboxylic acids is 1. The van der Waals surface area contributed by atoms with Crippen LogP contribution in [0.1, 0.15) is 50.7 Å². The Hall–Kier alpha value is -2.65. The van der Waals surface area contributed by atoms with Crippen molar-refractivity contribution in [3.8, 4) is 0 Å². The molecule has 5 nitrogen and oxygen atoms in total. The lowest BCUT2D eigenvalue weighted by Gasteiger charge is -2.46. The van der Waals surface area contributed by atoms with Crippen LogP contribution in [0.4, 0.5) is 13.2 Å². The normalized spacial score (nSPS) is 23.2. The summed E-state index contributed by atoms with van der Waals surface area (Å²) in [6.45, 7) is 4.56. The average molecular weight is 549 g/mol. The number of benzene rings is 2. The van der Waals surface area contributed by atoms with Crippen LogP contribution in [0.15, 0.2) is 65.6 Å². The standard InChI is InChI=1S/C29H35F3N2O3S/c1-20(2)33(3)25-12-13-27(23(17-25)19-38(36,37)26-10-5-4-6-11-26)34-15-14-22(18-28(34)35)21-8-7-9-24(16-21)29(30,31)32/h4-11,16,18,20,23,25,27H,12-15,17,19H2,1-3H3/t23-,25+,27-/m0/s1. The summed E-state index contributed by atoms with van der Waals surface area (Å²) in [5.41, 5.74) is 0.210. The Balaban J connectivity index is 1.59. The molecule has 206 valence electrons. The molecule has 3 atom stereocenters. The third kappa shape index (κ3) is 6.31. The molecule has 0 aromatic heterocycles. The minimum Gasteiger partial charge on any atom is -0.336 e. The number of alkyl halides is 3. The van der Waals surface area contributed by atoms with E-state index < -0.39 is 21.6 Å². The van der Waals surface area contributed by atoms with Crippen molar-refractivity contribution in [1.29, 1.82) is 0 Å². The third-order valence-electron chi connectivity index (χ3n) is 8.00. The minimum absolute atomic E-state index is 0.0574. The van der Waals surface area contributed by atoms with E-state index in [-0.39, 0.29) is 34.6 Å². The van der Waals surface area contributed by atoms with Gasteiger partial charge in [-0.2, -0.15) is 13.2 Å². The van der Waals surface area contributed by atoms with E-state index in [1.807, 2.05) is 0 Å². The lowest BCUT2D eigenvalue weighted by molar-refractivity contribution is -0.137. The van der Waals surface area contributed by atoms with Crippen LogP contribution >= 0.6 is 0 Å². The van der Waals surface area contributed by atoms with Crippen molar-refractivity contribution in [1.82, 2.24) is 9.80 Å². The van der Waals surface area contributed by atoms with Gasteiger partial charge in [-0.15, -0.1) is 0 Å². The fraction of sp³-hybridized carbons (Fsp3) is 0.483.